The highest BCUT2D eigenvalue weighted by atomic mass is 16.8. The molecule has 0 aromatic rings. The minimum Gasteiger partial charge on any atom is -0.431 e. The van der Waals surface area contributed by atoms with E-state index < -0.39 is 85.8 Å². The van der Waals surface area contributed by atoms with Crippen LogP contribution >= 0.6 is 0 Å². The zero-order valence-electron chi connectivity index (χ0n) is 46.0. The second-order valence-electron chi connectivity index (χ2n) is 13.7. The number of hydrogen-bond acceptors (Lipinski definition) is 35. The van der Waals surface area contributed by atoms with Crippen LogP contribution in [-0.4, -0.2) is 265 Å². The maximum atomic E-state index is 10.5. The first-order valence-electron chi connectivity index (χ1n) is 21.9. The van der Waals surface area contributed by atoms with Crippen LogP contribution in [0.25, 0.3) is 0 Å². The van der Waals surface area contributed by atoms with Gasteiger partial charge in [0, 0.05) is 49.8 Å². The second-order valence-corrected chi connectivity index (χ2v) is 13.7. The highest BCUT2D eigenvalue weighted by molar-refractivity contribution is 5.61. The maximum Gasteiger partial charge on any atom is 0.510 e. The molecule has 0 saturated carbocycles. The molecule has 0 fully saturated rings. The van der Waals surface area contributed by atoms with E-state index in [9.17, 15) is 33.6 Å². The molecule has 0 aliphatic carbocycles. The Balaban J connectivity index is -0.000000122. The Hall–Kier alpha value is -5.67. The van der Waals surface area contributed by atoms with Crippen molar-refractivity contribution in [1.29, 1.82) is 0 Å². The molecule has 0 rings (SSSR count). The molecule has 35 nitrogen and oxygen atoms in total. The third kappa shape index (κ3) is 103. The van der Waals surface area contributed by atoms with Crippen LogP contribution in [0.3, 0.4) is 0 Å². The summed E-state index contributed by atoms with van der Waals surface area (Å²) in [4.78, 5) is 73.3. The van der Waals surface area contributed by atoms with E-state index >= 15 is 0 Å². The Morgan fingerprint density at radius 3 is 0.385 bits per heavy atom. The first-order chi connectivity index (χ1) is 36.1. The van der Waals surface area contributed by atoms with Crippen LogP contribution in [0, 0.1) is 0 Å². The Kier molecular flexibility index (Phi) is 79.1. The van der Waals surface area contributed by atoms with Crippen molar-refractivity contribution < 1.29 is 169 Å². The van der Waals surface area contributed by atoms with E-state index in [2.05, 4.69) is 99.5 Å². The van der Waals surface area contributed by atoms with Gasteiger partial charge in [0.2, 0.25) is 0 Å². The summed E-state index contributed by atoms with van der Waals surface area (Å²) in [7, 11) is 9.74. The van der Waals surface area contributed by atoms with Gasteiger partial charge in [-0.05, 0) is 48.5 Å². The van der Waals surface area contributed by atoms with Crippen LogP contribution in [-0.2, 0) is 99.5 Å². The summed E-state index contributed by atoms with van der Waals surface area (Å²) in [5.41, 5.74) is 0. The van der Waals surface area contributed by atoms with Gasteiger partial charge in [0.25, 0.3) is 0 Å². The van der Waals surface area contributed by atoms with Crippen LogP contribution in [0.4, 0.5) is 33.6 Å². The zero-order chi connectivity index (χ0) is 60.8. The van der Waals surface area contributed by atoms with E-state index in [1.807, 2.05) is 0 Å². The lowest BCUT2D eigenvalue weighted by molar-refractivity contribution is -0.0364. The lowest BCUT2D eigenvalue weighted by Gasteiger charge is -2.05. The standard InChI is InChI=1S/7C6H12O5.CH4/c7*1-5(7)3-10-6(8)11-4-9-2;/h7*5,7H,3-4H2,1-2H3;1H4. The molecule has 0 aliphatic heterocycles. The molecule has 0 aliphatic rings. The lowest BCUT2D eigenvalue weighted by atomic mass is 10.5. The molecule has 0 aromatic heterocycles. The summed E-state index contributed by atoms with van der Waals surface area (Å²) >= 11 is 0. The van der Waals surface area contributed by atoms with Crippen LogP contribution in [0.1, 0.15) is 55.9 Å². The van der Waals surface area contributed by atoms with Crippen LogP contribution in [0.5, 0.6) is 0 Å². The van der Waals surface area contributed by atoms with Gasteiger partial charge in [0.15, 0.2) is 47.6 Å². The van der Waals surface area contributed by atoms with Crippen molar-refractivity contribution in [3.8, 4) is 0 Å². The van der Waals surface area contributed by atoms with Gasteiger partial charge in [-0.25, -0.2) is 33.6 Å². The van der Waals surface area contributed by atoms with Gasteiger partial charge in [0.05, 0.1) is 42.7 Å². The predicted octanol–water partition coefficient (Wildman–Crippen LogP) is 1.51. The van der Waals surface area contributed by atoms with E-state index in [4.69, 9.17) is 35.7 Å². The third-order valence-corrected chi connectivity index (χ3v) is 5.16. The van der Waals surface area contributed by atoms with Crippen molar-refractivity contribution in [1.82, 2.24) is 0 Å². The Morgan fingerprint density at radius 1 is 0.231 bits per heavy atom. The number of aliphatic hydroxyl groups excluding tert-OH is 7. The third-order valence-electron chi connectivity index (χ3n) is 5.16. The summed E-state index contributed by atoms with van der Waals surface area (Å²) < 4.78 is 92.4. The fourth-order valence-electron chi connectivity index (χ4n) is 2.36. The van der Waals surface area contributed by atoms with Gasteiger partial charge >= 0.3 is 43.1 Å². The largest absolute Gasteiger partial charge is 0.510 e. The predicted molar refractivity (Wildman–Crippen MR) is 259 cm³/mol. The molecular formula is C43H88O35. The molecule has 0 bridgehead atoms. The lowest BCUT2D eigenvalue weighted by Crippen LogP contribution is -2.16. The highest BCUT2D eigenvalue weighted by Crippen LogP contribution is 1.93. The van der Waals surface area contributed by atoms with Crippen molar-refractivity contribution in [3.05, 3.63) is 0 Å². The molecule has 7 N–H and O–H groups in total. The van der Waals surface area contributed by atoms with E-state index in [1.165, 1.54) is 98.2 Å². The van der Waals surface area contributed by atoms with Crippen molar-refractivity contribution in [3.63, 3.8) is 0 Å². The van der Waals surface area contributed by atoms with Gasteiger partial charge < -0.3 is 135 Å². The zero-order valence-corrected chi connectivity index (χ0v) is 46.0. The van der Waals surface area contributed by atoms with Crippen molar-refractivity contribution >= 4 is 43.1 Å². The molecule has 0 spiro atoms. The molecule has 470 valence electrons. The summed E-state index contributed by atoms with van der Waals surface area (Å²) in [6.45, 7) is 9.07. The quantitative estimate of drug-likeness (QED) is 0.0331. The van der Waals surface area contributed by atoms with Gasteiger partial charge in [-0.15, -0.1) is 0 Å². The minimum atomic E-state index is -0.840. The Bertz CT molecular complexity index is 1060. The summed E-state index contributed by atoms with van der Waals surface area (Å²) in [6, 6.07) is 0. The van der Waals surface area contributed by atoms with Crippen LogP contribution in [0.15, 0.2) is 0 Å². The number of hydrogen-bond donors (Lipinski definition) is 7. The highest BCUT2D eigenvalue weighted by Gasteiger charge is 2.09. The molecule has 7 unspecified atom stereocenters. The Morgan fingerprint density at radius 2 is 0.321 bits per heavy atom. The van der Waals surface area contributed by atoms with E-state index in [1.54, 1.807) is 0 Å². The molecule has 0 saturated heterocycles. The molecule has 7 atom stereocenters. The number of rotatable bonds is 28. The number of carbonyl (C=O) groups is 7. The van der Waals surface area contributed by atoms with Crippen molar-refractivity contribution in [2.24, 2.45) is 0 Å². The van der Waals surface area contributed by atoms with Gasteiger partial charge in [-0.2, -0.15) is 0 Å². The average molecular weight is 1170 g/mol. The number of methoxy groups -OCH3 is 7. The van der Waals surface area contributed by atoms with Gasteiger partial charge in [-0.1, -0.05) is 7.43 Å². The average Bonchev–Trinajstić information content (AvgIpc) is 3.37. The molecule has 0 aromatic carbocycles. The van der Waals surface area contributed by atoms with E-state index in [-0.39, 0.29) is 101 Å². The monoisotopic (exact) mass is 1160 g/mol. The van der Waals surface area contributed by atoms with Crippen LogP contribution < -0.4 is 0 Å². The second kappa shape index (κ2) is 69.3. The summed E-state index contributed by atoms with van der Waals surface area (Å²) in [5.74, 6) is 0. The topological polar surface area (TPSA) is 455 Å². The van der Waals surface area contributed by atoms with Crippen molar-refractivity contribution in [2.75, 3.05) is 144 Å². The molecular weight excluding hydrogens is 1080 g/mol. The summed E-state index contributed by atoms with van der Waals surface area (Å²) in [6.07, 6.45) is -10.6. The van der Waals surface area contributed by atoms with Gasteiger partial charge in [-0.3, -0.25) is 0 Å². The van der Waals surface area contributed by atoms with Crippen molar-refractivity contribution in [2.45, 2.75) is 98.6 Å². The van der Waals surface area contributed by atoms with E-state index in [0.29, 0.717) is 0 Å². The normalized spacial score (nSPS) is 12.1. The first-order valence-corrected chi connectivity index (χ1v) is 21.9. The smallest absolute Gasteiger partial charge is 0.431 e. The van der Waals surface area contributed by atoms with Gasteiger partial charge in [0.1, 0.15) is 46.2 Å². The van der Waals surface area contributed by atoms with Crippen LogP contribution in [0.2, 0.25) is 0 Å². The SMILES string of the molecule is C.COCOC(=O)OCC(C)O.COCOC(=O)OCC(C)O.COCOC(=O)OCC(C)O.COCOC(=O)OCC(C)O.COCOC(=O)OCC(C)O.COCOC(=O)OCC(C)O.COCOC(=O)OCC(C)O. The Labute approximate surface area is 453 Å². The molecule has 35 heteroatoms. The molecule has 0 heterocycles. The van der Waals surface area contributed by atoms with E-state index in [0.717, 1.165) is 0 Å². The summed E-state index contributed by atoms with van der Waals surface area (Å²) in [5, 5.41) is 60.6. The number of carbonyl (C=O) groups excluding carboxylic acids is 7. The first kappa shape index (κ1) is 88.9. The fourth-order valence-corrected chi connectivity index (χ4v) is 2.36. The molecule has 78 heavy (non-hydrogen) atoms. The maximum absolute atomic E-state index is 10.5. The fraction of sp³-hybridized carbons (Fsp3) is 0.837. The molecule has 0 radical (unpaired) electrons. The molecule has 0 amide bonds. The number of ether oxygens (including phenoxy) is 21. The minimum absolute atomic E-state index is 0. The number of aliphatic hydroxyl groups is 7.